The number of hydrogen-bond donors (Lipinski definition) is 0. The summed E-state index contributed by atoms with van der Waals surface area (Å²) in [6.07, 6.45) is 1.83. The van der Waals surface area contributed by atoms with Crippen LogP contribution in [0.15, 0.2) is 104 Å². The zero-order chi connectivity index (χ0) is 22.8. The maximum atomic E-state index is 13.3. The summed E-state index contributed by atoms with van der Waals surface area (Å²) < 4.78 is 5.88. The Labute approximate surface area is 200 Å². The molecule has 1 aromatic heterocycles. The fourth-order valence-corrected chi connectivity index (χ4v) is 4.44. The van der Waals surface area contributed by atoms with Crippen LogP contribution < -0.4 is 4.90 Å². The van der Waals surface area contributed by atoms with Crippen LogP contribution in [0.3, 0.4) is 0 Å². The van der Waals surface area contributed by atoms with E-state index in [1.54, 1.807) is 17.0 Å². The zero-order valence-corrected chi connectivity index (χ0v) is 19.2. The van der Waals surface area contributed by atoms with Gasteiger partial charge >= 0.3 is 0 Å². The molecule has 0 bridgehead atoms. The SMILES string of the molecule is C/C(=N\N=C1/S/C(=C/c2ccc(Cl)cc2)C(=O)N1c1ccccc1)c1cc2ccccc2o1. The topological polar surface area (TPSA) is 58.2 Å². The van der Waals surface area contributed by atoms with Gasteiger partial charge in [0, 0.05) is 10.4 Å². The van der Waals surface area contributed by atoms with E-state index >= 15 is 0 Å². The van der Waals surface area contributed by atoms with Gasteiger partial charge in [-0.05, 0) is 66.7 Å². The van der Waals surface area contributed by atoms with Crippen LogP contribution in [-0.4, -0.2) is 16.8 Å². The molecular weight excluding hydrogens is 454 g/mol. The van der Waals surface area contributed by atoms with Gasteiger partial charge in [-0.3, -0.25) is 9.69 Å². The first-order valence-electron chi connectivity index (χ1n) is 10.2. The Morgan fingerprint density at radius 1 is 1.00 bits per heavy atom. The van der Waals surface area contributed by atoms with Crippen molar-refractivity contribution in [3.8, 4) is 0 Å². The van der Waals surface area contributed by atoms with Gasteiger partial charge in [0.25, 0.3) is 5.91 Å². The summed E-state index contributed by atoms with van der Waals surface area (Å²) in [5.74, 6) is 0.481. The average molecular weight is 472 g/mol. The molecular formula is C26H18ClN3O2S. The van der Waals surface area contributed by atoms with Gasteiger partial charge < -0.3 is 4.42 Å². The van der Waals surface area contributed by atoms with Crippen molar-refractivity contribution in [1.29, 1.82) is 0 Å². The molecule has 162 valence electrons. The van der Waals surface area contributed by atoms with E-state index in [9.17, 15) is 4.79 Å². The second-order valence-electron chi connectivity index (χ2n) is 7.35. The molecule has 0 unspecified atom stereocenters. The molecule has 1 fully saturated rings. The zero-order valence-electron chi connectivity index (χ0n) is 17.6. The van der Waals surface area contributed by atoms with Crippen molar-refractivity contribution in [3.63, 3.8) is 0 Å². The van der Waals surface area contributed by atoms with E-state index in [-0.39, 0.29) is 5.91 Å². The van der Waals surface area contributed by atoms with Crippen molar-refractivity contribution in [2.24, 2.45) is 10.2 Å². The molecule has 5 rings (SSSR count). The van der Waals surface area contributed by atoms with E-state index in [0.717, 1.165) is 22.2 Å². The van der Waals surface area contributed by atoms with Crippen LogP contribution in [-0.2, 0) is 4.79 Å². The van der Waals surface area contributed by atoms with Gasteiger partial charge in [0.2, 0.25) is 5.17 Å². The van der Waals surface area contributed by atoms with Crippen LogP contribution in [0, 0.1) is 0 Å². The number of thioether (sulfide) groups is 1. The van der Waals surface area contributed by atoms with Crippen LogP contribution in [0.25, 0.3) is 17.0 Å². The highest BCUT2D eigenvalue weighted by atomic mass is 35.5. The summed E-state index contributed by atoms with van der Waals surface area (Å²) in [6, 6.07) is 26.5. The second-order valence-corrected chi connectivity index (χ2v) is 8.80. The maximum Gasteiger partial charge on any atom is 0.271 e. The molecule has 0 atom stereocenters. The summed E-state index contributed by atoms with van der Waals surface area (Å²) in [5.41, 5.74) is 3.02. The highest BCUT2D eigenvalue weighted by molar-refractivity contribution is 8.19. The summed E-state index contributed by atoms with van der Waals surface area (Å²) in [4.78, 5) is 15.4. The molecule has 0 radical (unpaired) electrons. The third kappa shape index (κ3) is 4.49. The van der Waals surface area contributed by atoms with Crippen LogP contribution >= 0.6 is 23.4 Å². The lowest BCUT2D eigenvalue weighted by molar-refractivity contribution is -0.113. The number of anilines is 1. The number of para-hydroxylation sites is 2. The normalized spacial score (nSPS) is 17.0. The smallest absolute Gasteiger partial charge is 0.271 e. The van der Waals surface area contributed by atoms with Crippen molar-refractivity contribution in [1.82, 2.24) is 0 Å². The van der Waals surface area contributed by atoms with Gasteiger partial charge in [-0.2, -0.15) is 0 Å². The lowest BCUT2D eigenvalue weighted by Gasteiger charge is -2.14. The Morgan fingerprint density at radius 2 is 1.73 bits per heavy atom. The summed E-state index contributed by atoms with van der Waals surface area (Å²) in [5, 5.41) is 10.9. The molecule has 7 heteroatoms. The van der Waals surface area contributed by atoms with Crippen LogP contribution in [0.5, 0.6) is 0 Å². The van der Waals surface area contributed by atoms with E-state index in [1.807, 2.05) is 85.8 Å². The molecule has 2 heterocycles. The standard InChI is InChI=1S/C26H18ClN3O2S/c1-17(23-16-19-7-5-6-10-22(19)32-23)28-29-26-30(21-8-3-2-4-9-21)25(31)24(33-26)15-18-11-13-20(27)14-12-18/h2-16H,1H3/b24-15+,28-17+,29-26-. The first kappa shape index (κ1) is 21.2. The predicted molar refractivity (Wildman–Crippen MR) is 137 cm³/mol. The number of amidine groups is 1. The fraction of sp³-hybridized carbons (Fsp3) is 0.0385. The van der Waals surface area contributed by atoms with Gasteiger partial charge in [-0.1, -0.05) is 60.1 Å². The van der Waals surface area contributed by atoms with E-state index < -0.39 is 0 Å². The van der Waals surface area contributed by atoms with Crippen molar-refractivity contribution >= 4 is 62.9 Å². The highest BCUT2D eigenvalue weighted by Crippen LogP contribution is 2.36. The summed E-state index contributed by atoms with van der Waals surface area (Å²) >= 11 is 7.27. The van der Waals surface area contributed by atoms with Gasteiger partial charge in [0.15, 0.2) is 5.76 Å². The quantitative estimate of drug-likeness (QED) is 0.183. The minimum atomic E-state index is -0.156. The monoisotopic (exact) mass is 471 g/mol. The highest BCUT2D eigenvalue weighted by Gasteiger charge is 2.34. The molecule has 0 saturated carbocycles. The Hall–Kier alpha value is -3.61. The molecule has 1 saturated heterocycles. The third-order valence-corrected chi connectivity index (χ3v) is 6.27. The lowest BCUT2D eigenvalue weighted by Crippen LogP contribution is -2.28. The first-order chi connectivity index (χ1) is 16.1. The molecule has 1 aliphatic heterocycles. The lowest BCUT2D eigenvalue weighted by atomic mass is 10.2. The van der Waals surface area contributed by atoms with Crippen molar-refractivity contribution in [3.05, 3.63) is 106 Å². The van der Waals surface area contributed by atoms with Crippen LogP contribution in [0.2, 0.25) is 5.02 Å². The molecule has 0 N–H and O–H groups in total. The molecule has 0 spiro atoms. The second kappa shape index (κ2) is 9.10. The Morgan fingerprint density at radius 3 is 2.48 bits per heavy atom. The van der Waals surface area contributed by atoms with Crippen molar-refractivity contribution in [2.75, 3.05) is 4.90 Å². The molecule has 1 amide bonds. The van der Waals surface area contributed by atoms with Crippen molar-refractivity contribution < 1.29 is 9.21 Å². The van der Waals surface area contributed by atoms with Gasteiger partial charge in [-0.15, -0.1) is 10.2 Å². The van der Waals surface area contributed by atoms with Gasteiger partial charge in [0.1, 0.15) is 11.3 Å². The molecule has 1 aliphatic rings. The number of furan rings is 1. The van der Waals surface area contributed by atoms with E-state index in [2.05, 4.69) is 10.2 Å². The van der Waals surface area contributed by atoms with Crippen molar-refractivity contribution in [2.45, 2.75) is 6.92 Å². The Balaban J connectivity index is 1.51. The Kier molecular flexibility index (Phi) is 5.86. The van der Waals surface area contributed by atoms with Gasteiger partial charge in [0.05, 0.1) is 10.6 Å². The maximum absolute atomic E-state index is 13.3. The molecule has 3 aromatic carbocycles. The fourth-order valence-electron chi connectivity index (χ4n) is 3.38. The largest absolute Gasteiger partial charge is 0.455 e. The minimum Gasteiger partial charge on any atom is -0.455 e. The summed E-state index contributed by atoms with van der Waals surface area (Å²) in [7, 11) is 0. The number of fused-ring (bicyclic) bond motifs is 1. The molecule has 4 aromatic rings. The number of carbonyl (C=O) groups is 1. The predicted octanol–water partition coefficient (Wildman–Crippen LogP) is 6.99. The van der Waals surface area contributed by atoms with Crippen LogP contribution in [0.1, 0.15) is 18.2 Å². The number of nitrogens with zero attached hydrogens (tertiary/aromatic N) is 3. The minimum absolute atomic E-state index is 0.156. The van der Waals surface area contributed by atoms with Gasteiger partial charge in [-0.25, -0.2) is 0 Å². The number of benzene rings is 3. The third-order valence-electron chi connectivity index (χ3n) is 5.06. The molecule has 0 aliphatic carbocycles. The van der Waals surface area contributed by atoms with Crippen LogP contribution in [0.4, 0.5) is 5.69 Å². The average Bonchev–Trinajstić information content (AvgIpc) is 3.41. The summed E-state index contributed by atoms with van der Waals surface area (Å²) in [6.45, 7) is 1.83. The molecule has 5 nitrogen and oxygen atoms in total. The number of carbonyl (C=O) groups excluding carboxylic acids is 1. The number of amides is 1. The first-order valence-corrected chi connectivity index (χ1v) is 11.4. The van der Waals surface area contributed by atoms with E-state index in [1.165, 1.54) is 11.8 Å². The molecule has 33 heavy (non-hydrogen) atoms. The number of hydrogen-bond acceptors (Lipinski definition) is 5. The number of halogens is 1. The van der Waals surface area contributed by atoms with E-state index in [0.29, 0.717) is 26.6 Å². The van der Waals surface area contributed by atoms with E-state index in [4.69, 9.17) is 16.0 Å². The number of rotatable bonds is 4. The Bertz CT molecular complexity index is 1390.